The monoisotopic (exact) mass is 403 g/mol. The summed E-state index contributed by atoms with van der Waals surface area (Å²) in [5.41, 5.74) is 2.25. The molecular formula is C21H22FNO4S. The Bertz CT molecular complexity index is 843. The Kier molecular flexibility index (Phi) is 6.70. The Balaban J connectivity index is 1.73. The Morgan fingerprint density at radius 1 is 1.29 bits per heavy atom. The van der Waals surface area contributed by atoms with Gasteiger partial charge in [0.05, 0.1) is 24.5 Å². The predicted molar refractivity (Wildman–Crippen MR) is 106 cm³/mol. The van der Waals surface area contributed by atoms with E-state index < -0.39 is 12.1 Å². The molecule has 0 N–H and O–H groups in total. The predicted octanol–water partition coefficient (Wildman–Crippen LogP) is 3.58. The SMILES string of the molecule is COCC(CN1C(=O)CSC1c1ccc(F)cc1)OC(=O)c1cccc(C)c1. The van der Waals surface area contributed by atoms with Crippen LogP contribution in [0.4, 0.5) is 4.39 Å². The van der Waals surface area contributed by atoms with Crippen molar-refractivity contribution in [1.29, 1.82) is 0 Å². The van der Waals surface area contributed by atoms with E-state index in [0.717, 1.165) is 11.1 Å². The van der Waals surface area contributed by atoms with E-state index in [-0.39, 0.29) is 30.2 Å². The highest BCUT2D eigenvalue weighted by Gasteiger charge is 2.35. The maximum absolute atomic E-state index is 13.2. The second kappa shape index (κ2) is 9.21. The Morgan fingerprint density at radius 2 is 2.04 bits per heavy atom. The third-order valence-corrected chi connectivity index (χ3v) is 5.66. The molecule has 0 aliphatic carbocycles. The minimum absolute atomic E-state index is 0.0490. The van der Waals surface area contributed by atoms with Crippen LogP contribution in [0.2, 0.25) is 0 Å². The average molecular weight is 403 g/mol. The molecule has 1 heterocycles. The molecule has 2 aromatic rings. The number of halogens is 1. The maximum Gasteiger partial charge on any atom is 0.338 e. The van der Waals surface area contributed by atoms with Crippen LogP contribution in [0.25, 0.3) is 0 Å². The van der Waals surface area contributed by atoms with Crippen LogP contribution < -0.4 is 0 Å². The van der Waals surface area contributed by atoms with Crippen LogP contribution in [-0.2, 0) is 14.3 Å². The van der Waals surface area contributed by atoms with Crippen LogP contribution in [0, 0.1) is 12.7 Å². The molecule has 1 amide bonds. The minimum Gasteiger partial charge on any atom is -0.454 e. The summed E-state index contributed by atoms with van der Waals surface area (Å²) in [4.78, 5) is 26.6. The number of methoxy groups -OCH3 is 1. The van der Waals surface area contributed by atoms with Gasteiger partial charge in [0.15, 0.2) is 0 Å². The van der Waals surface area contributed by atoms with Gasteiger partial charge in [-0.15, -0.1) is 11.8 Å². The topological polar surface area (TPSA) is 55.8 Å². The van der Waals surface area contributed by atoms with Crippen molar-refractivity contribution in [1.82, 2.24) is 4.90 Å². The van der Waals surface area contributed by atoms with E-state index in [1.807, 2.05) is 13.0 Å². The number of esters is 1. The van der Waals surface area contributed by atoms with E-state index in [9.17, 15) is 14.0 Å². The van der Waals surface area contributed by atoms with Gasteiger partial charge in [0.1, 0.15) is 17.3 Å². The molecule has 3 rings (SSSR count). The number of aryl methyl sites for hydroxylation is 1. The first-order valence-corrected chi connectivity index (χ1v) is 9.96. The number of hydrogen-bond donors (Lipinski definition) is 0. The van der Waals surface area contributed by atoms with Crippen LogP contribution in [-0.4, -0.2) is 48.9 Å². The molecule has 0 spiro atoms. The Labute approximate surface area is 167 Å². The number of thioether (sulfide) groups is 1. The standard InChI is InChI=1S/C21H22FNO4S/c1-14-4-3-5-16(10-14)21(25)27-18(12-26-2)11-23-19(24)13-28-20(23)15-6-8-17(22)9-7-15/h3-10,18,20H,11-13H2,1-2H3. The molecule has 148 valence electrons. The lowest BCUT2D eigenvalue weighted by Gasteiger charge is -2.28. The summed E-state index contributed by atoms with van der Waals surface area (Å²) in [6.07, 6.45) is -0.608. The zero-order valence-corrected chi connectivity index (χ0v) is 16.6. The van der Waals surface area contributed by atoms with Crippen LogP contribution in [0.3, 0.4) is 0 Å². The average Bonchev–Trinajstić information content (AvgIpc) is 3.03. The number of ether oxygens (including phenoxy) is 2. The molecule has 28 heavy (non-hydrogen) atoms. The van der Waals surface area contributed by atoms with Crippen LogP contribution in [0.1, 0.15) is 26.9 Å². The van der Waals surface area contributed by atoms with Crippen molar-refractivity contribution in [3.63, 3.8) is 0 Å². The second-order valence-electron chi connectivity index (χ2n) is 6.61. The van der Waals surface area contributed by atoms with Gasteiger partial charge in [0.25, 0.3) is 0 Å². The van der Waals surface area contributed by atoms with E-state index >= 15 is 0 Å². The van der Waals surface area contributed by atoms with Gasteiger partial charge in [0.2, 0.25) is 5.91 Å². The molecule has 2 atom stereocenters. The highest BCUT2D eigenvalue weighted by Crippen LogP contribution is 2.38. The van der Waals surface area contributed by atoms with Gasteiger partial charge < -0.3 is 14.4 Å². The number of hydrogen-bond acceptors (Lipinski definition) is 5. The maximum atomic E-state index is 13.2. The first-order valence-electron chi connectivity index (χ1n) is 8.91. The molecule has 0 radical (unpaired) electrons. The lowest BCUT2D eigenvalue weighted by molar-refractivity contribution is -0.130. The van der Waals surface area contributed by atoms with Crippen molar-refractivity contribution >= 4 is 23.6 Å². The quantitative estimate of drug-likeness (QED) is 0.662. The number of benzene rings is 2. The number of carbonyl (C=O) groups excluding carboxylic acids is 2. The molecule has 0 aromatic heterocycles. The lowest BCUT2D eigenvalue weighted by Crippen LogP contribution is -2.39. The molecule has 1 aliphatic heterocycles. The zero-order valence-electron chi connectivity index (χ0n) is 15.8. The van der Waals surface area contributed by atoms with E-state index in [1.165, 1.54) is 31.0 Å². The van der Waals surface area contributed by atoms with Crippen molar-refractivity contribution < 1.29 is 23.5 Å². The third-order valence-electron chi connectivity index (χ3n) is 4.40. The molecular weight excluding hydrogens is 381 g/mol. The fourth-order valence-corrected chi connectivity index (χ4v) is 4.28. The van der Waals surface area contributed by atoms with Gasteiger partial charge in [0, 0.05) is 7.11 Å². The van der Waals surface area contributed by atoms with E-state index in [1.54, 1.807) is 35.2 Å². The fraction of sp³-hybridized carbons (Fsp3) is 0.333. The molecule has 0 bridgehead atoms. The van der Waals surface area contributed by atoms with Crippen molar-refractivity contribution in [3.8, 4) is 0 Å². The summed E-state index contributed by atoms with van der Waals surface area (Å²) in [6, 6.07) is 13.2. The molecule has 0 saturated carbocycles. The molecule has 5 nitrogen and oxygen atoms in total. The van der Waals surface area contributed by atoms with Crippen molar-refractivity contribution in [2.24, 2.45) is 0 Å². The highest BCUT2D eigenvalue weighted by atomic mass is 32.2. The number of amides is 1. The van der Waals surface area contributed by atoms with Gasteiger partial charge >= 0.3 is 5.97 Å². The largest absolute Gasteiger partial charge is 0.454 e. The molecule has 2 aromatic carbocycles. The second-order valence-corrected chi connectivity index (χ2v) is 7.68. The fourth-order valence-electron chi connectivity index (χ4n) is 3.08. The minimum atomic E-state index is -0.608. The van der Waals surface area contributed by atoms with Gasteiger partial charge in [-0.05, 0) is 36.8 Å². The number of nitrogens with zero attached hydrogens (tertiary/aromatic N) is 1. The summed E-state index contributed by atoms with van der Waals surface area (Å²) in [6.45, 7) is 2.28. The molecule has 1 saturated heterocycles. The molecule has 7 heteroatoms. The van der Waals surface area contributed by atoms with Gasteiger partial charge in [-0.1, -0.05) is 29.8 Å². The summed E-state index contributed by atoms with van der Waals surface area (Å²) >= 11 is 1.47. The molecule has 1 aliphatic rings. The normalized spacial score (nSPS) is 17.6. The third kappa shape index (κ3) is 4.91. The molecule has 2 unspecified atom stereocenters. The first kappa shape index (κ1) is 20.4. The smallest absolute Gasteiger partial charge is 0.338 e. The highest BCUT2D eigenvalue weighted by molar-refractivity contribution is 8.00. The van der Waals surface area contributed by atoms with Gasteiger partial charge in [-0.2, -0.15) is 0 Å². The Morgan fingerprint density at radius 3 is 2.71 bits per heavy atom. The summed E-state index contributed by atoms with van der Waals surface area (Å²) in [5.74, 6) is -0.502. The van der Waals surface area contributed by atoms with E-state index in [4.69, 9.17) is 9.47 Å². The Hall–Kier alpha value is -2.38. The van der Waals surface area contributed by atoms with Crippen molar-refractivity contribution in [3.05, 3.63) is 71.0 Å². The molecule has 1 fully saturated rings. The van der Waals surface area contributed by atoms with Crippen LogP contribution >= 0.6 is 11.8 Å². The van der Waals surface area contributed by atoms with Crippen molar-refractivity contribution in [2.75, 3.05) is 26.0 Å². The summed E-state index contributed by atoms with van der Waals surface area (Å²) < 4.78 is 24.0. The number of rotatable bonds is 7. The van der Waals surface area contributed by atoms with Crippen LogP contribution in [0.5, 0.6) is 0 Å². The van der Waals surface area contributed by atoms with Crippen molar-refractivity contribution in [2.45, 2.75) is 18.4 Å². The zero-order chi connectivity index (χ0) is 20.1. The first-order chi connectivity index (χ1) is 13.5. The van der Waals surface area contributed by atoms with E-state index in [0.29, 0.717) is 11.3 Å². The summed E-state index contributed by atoms with van der Waals surface area (Å²) in [7, 11) is 1.52. The van der Waals surface area contributed by atoms with Gasteiger partial charge in [-0.25, -0.2) is 9.18 Å². The summed E-state index contributed by atoms with van der Waals surface area (Å²) in [5, 5.41) is -0.245. The number of carbonyl (C=O) groups is 2. The van der Waals surface area contributed by atoms with Gasteiger partial charge in [-0.3, -0.25) is 4.79 Å². The van der Waals surface area contributed by atoms with Crippen LogP contribution in [0.15, 0.2) is 48.5 Å². The van der Waals surface area contributed by atoms with E-state index in [2.05, 4.69) is 0 Å². The lowest BCUT2D eigenvalue weighted by atomic mass is 10.1.